The average Bonchev–Trinajstić information content (AvgIpc) is 3.15. The molecule has 0 spiro atoms. The predicted molar refractivity (Wildman–Crippen MR) is 129 cm³/mol. The second kappa shape index (κ2) is 11.7. The number of methoxy groups -OCH3 is 1. The number of hydrogen-bond acceptors (Lipinski definition) is 5. The zero-order valence-electron chi connectivity index (χ0n) is 19.3. The Kier molecular flexibility index (Phi) is 8.73. The molecule has 0 aliphatic heterocycles. The van der Waals surface area contributed by atoms with Gasteiger partial charge in [-0.15, -0.1) is 10.2 Å². The molecule has 0 fully saturated rings. The first-order chi connectivity index (χ1) is 15.5. The Bertz CT molecular complexity index is 1030. The van der Waals surface area contributed by atoms with Crippen molar-refractivity contribution in [3.8, 4) is 5.75 Å². The quantitative estimate of drug-likeness (QED) is 0.424. The van der Waals surface area contributed by atoms with Crippen LogP contribution in [0.4, 0.5) is 0 Å². The zero-order valence-corrected chi connectivity index (χ0v) is 20.1. The lowest BCUT2D eigenvalue weighted by molar-refractivity contribution is -0.121. The Morgan fingerprint density at radius 2 is 1.97 bits per heavy atom. The van der Waals surface area contributed by atoms with E-state index in [0.717, 1.165) is 34.6 Å². The van der Waals surface area contributed by atoms with Crippen molar-refractivity contribution < 1.29 is 9.53 Å². The molecule has 0 atom stereocenters. The number of aryl methyl sites for hydroxylation is 2. The molecule has 0 aliphatic rings. The fraction of sp³-hybridized carbons (Fsp3) is 0.400. The van der Waals surface area contributed by atoms with Crippen LogP contribution in [0.2, 0.25) is 0 Å². The molecule has 170 valence electrons. The van der Waals surface area contributed by atoms with E-state index in [1.165, 1.54) is 11.1 Å². The molecule has 0 unspecified atom stereocenters. The van der Waals surface area contributed by atoms with Gasteiger partial charge in [-0.3, -0.25) is 4.79 Å². The molecule has 1 N–H and O–H groups in total. The minimum atomic E-state index is -0.0102. The number of thioether (sulfide) groups is 1. The number of nitrogens with zero attached hydrogens (tertiary/aromatic N) is 3. The number of carbonyl (C=O) groups is 1. The van der Waals surface area contributed by atoms with Crippen molar-refractivity contribution in [1.29, 1.82) is 0 Å². The van der Waals surface area contributed by atoms with E-state index >= 15 is 0 Å². The predicted octanol–water partition coefficient (Wildman–Crippen LogP) is 4.79. The van der Waals surface area contributed by atoms with E-state index in [2.05, 4.69) is 65.1 Å². The van der Waals surface area contributed by atoms with Gasteiger partial charge in [0.1, 0.15) is 11.6 Å². The van der Waals surface area contributed by atoms with E-state index in [1.807, 2.05) is 24.3 Å². The number of ether oxygens (including phenoxy) is 1. The molecule has 0 saturated heterocycles. The Morgan fingerprint density at radius 3 is 2.72 bits per heavy atom. The van der Waals surface area contributed by atoms with Gasteiger partial charge >= 0.3 is 0 Å². The summed E-state index contributed by atoms with van der Waals surface area (Å²) in [6, 6.07) is 16.2. The Balaban J connectivity index is 1.59. The summed E-state index contributed by atoms with van der Waals surface area (Å²) in [5, 5.41) is 12.7. The third-order valence-corrected chi connectivity index (χ3v) is 6.07. The molecule has 0 aliphatic carbocycles. The molecule has 0 radical (unpaired) electrons. The maximum atomic E-state index is 12.5. The summed E-state index contributed by atoms with van der Waals surface area (Å²) in [7, 11) is 1.64. The van der Waals surface area contributed by atoms with Gasteiger partial charge in [-0.2, -0.15) is 0 Å². The highest BCUT2D eigenvalue weighted by Gasteiger charge is 2.15. The fourth-order valence-electron chi connectivity index (χ4n) is 3.47. The second-order valence-corrected chi connectivity index (χ2v) is 9.21. The normalized spacial score (nSPS) is 11.0. The number of nitrogens with one attached hydrogen (secondary N) is 1. The first kappa shape index (κ1) is 23.9. The van der Waals surface area contributed by atoms with Crippen molar-refractivity contribution in [1.82, 2.24) is 20.1 Å². The van der Waals surface area contributed by atoms with Gasteiger partial charge in [-0.25, -0.2) is 0 Å². The van der Waals surface area contributed by atoms with Gasteiger partial charge < -0.3 is 14.6 Å². The molecule has 1 heterocycles. The molecule has 7 heteroatoms. The number of amides is 1. The van der Waals surface area contributed by atoms with E-state index in [4.69, 9.17) is 4.74 Å². The van der Waals surface area contributed by atoms with Crippen LogP contribution in [0.15, 0.2) is 53.7 Å². The molecule has 32 heavy (non-hydrogen) atoms. The highest BCUT2D eigenvalue weighted by Crippen LogP contribution is 2.24. The number of hydrogen-bond donors (Lipinski definition) is 1. The van der Waals surface area contributed by atoms with Crippen molar-refractivity contribution in [3.05, 3.63) is 71.0 Å². The van der Waals surface area contributed by atoms with E-state index in [9.17, 15) is 4.79 Å². The van der Waals surface area contributed by atoms with Gasteiger partial charge in [0.15, 0.2) is 5.16 Å². The summed E-state index contributed by atoms with van der Waals surface area (Å²) in [4.78, 5) is 12.5. The van der Waals surface area contributed by atoms with Crippen molar-refractivity contribution >= 4 is 17.7 Å². The van der Waals surface area contributed by atoms with Crippen molar-refractivity contribution in [3.63, 3.8) is 0 Å². The van der Waals surface area contributed by atoms with Crippen molar-refractivity contribution in [2.45, 2.75) is 57.6 Å². The van der Waals surface area contributed by atoms with Crippen LogP contribution in [0.1, 0.15) is 42.8 Å². The first-order valence-corrected chi connectivity index (χ1v) is 11.9. The largest absolute Gasteiger partial charge is 0.496 e. The number of carbonyl (C=O) groups excluding carboxylic acids is 1. The summed E-state index contributed by atoms with van der Waals surface area (Å²) in [5.74, 6) is 2.93. The standard InChI is InChI=1S/C25H32N4O2S/c1-18(2)16-29-23(27-28-25(29)32-17-20-9-7-8-19(3)14-20)12-13-24(30)26-15-21-10-5-6-11-22(21)31-4/h5-11,14,18H,12-13,15-17H2,1-4H3,(H,26,30). The minimum absolute atomic E-state index is 0.0102. The van der Waals surface area contributed by atoms with Gasteiger partial charge in [-0.05, 0) is 24.5 Å². The Labute approximate surface area is 194 Å². The Hall–Kier alpha value is -2.80. The zero-order chi connectivity index (χ0) is 22.9. The maximum absolute atomic E-state index is 12.5. The summed E-state index contributed by atoms with van der Waals surface area (Å²) in [6.07, 6.45) is 0.927. The van der Waals surface area contributed by atoms with Gasteiger partial charge in [0.25, 0.3) is 0 Å². The van der Waals surface area contributed by atoms with Crippen LogP contribution in [-0.2, 0) is 30.1 Å². The van der Waals surface area contributed by atoms with Crippen LogP contribution >= 0.6 is 11.8 Å². The van der Waals surface area contributed by atoms with Crippen LogP contribution in [0, 0.1) is 12.8 Å². The number of benzene rings is 2. The van der Waals surface area contributed by atoms with Crippen LogP contribution < -0.4 is 10.1 Å². The fourth-order valence-corrected chi connectivity index (χ4v) is 4.38. The molecule has 0 bridgehead atoms. The first-order valence-electron chi connectivity index (χ1n) is 10.9. The molecule has 3 rings (SSSR count). The van der Waals surface area contributed by atoms with Crippen LogP contribution in [0.3, 0.4) is 0 Å². The number of rotatable bonds is 11. The lowest BCUT2D eigenvalue weighted by atomic mass is 10.2. The smallest absolute Gasteiger partial charge is 0.220 e. The highest BCUT2D eigenvalue weighted by atomic mass is 32.2. The molecule has 0 saturated carbocycles. The molecule has 6 nitrogen and oxygen atoms in total. The van der Waals surface area contributed by atoms with E-state index in [0.29, 0.717) is 25.3 Å². The lowest BCUT2D eigenvalue weighted by Crippen LogP contribution is -2.24. The average molecular weight is 453 g/mol. The van der Waals surface area contributed by atoms with Crippen LogP contribution in [0.5, 0.6) is 5.75 Å². The molecule has 1 amide bonds. The molecule has 2 aromatic carbocycles. The monoisotopic (exact) mass is 452 g/mol. The highest BCUT2D eigenvalue weighted by molar-refractivity contribution is 7.98. The summed E-state index contributed by atoms with van der Waals surface area (Å²) in [5.41, 5.74) is 3.49. The lowest BCUT2D eigenvalue weighted by Gasteiger charge is -2.13. The second-order valence-electron chi connectivity index (χ2n) is 8.27. The SMILES string of the molecule is COc1ccccc1CNC(=O)CCc1nnc(SCc2cccc(C)c2)n1CC(C)C. The van der Waals surface area contributed by atoms with Gasteiger partial charge in [0, 0.05) is 37.2 Å². The van der Waals surface area contributed by atoms with Crippen molar-refractivity contribution in [2.24, 2.45) is 5.92 Å². The summed E-state index contributed by atoms with van der Waals surface area (Å²) >= 11 is 1.69. The third-order valence-electron chi connectivity index (χ3n) is 5.04. The third kappa shape index (κ3) is 6.85. The van der Waals surface area contributed by atoms with E-state index in [-0.39, 0.29) is 5.91 Å². The van der Waals surface area contributed by atoms with E-state index < -0.39 is 0 Å². The van der Waals surface area contributed by atoms with Gasteiger partial charge in [0.05, 0.1) is 7.11 Å². The number of para-hydroxylation sites is 1. The van der Waals surface area contributed by atoms with Crippen LogP contribution in [-0.4, -0.2) is 27.8 Å². The molecule has 1 aromatic heterocycles. The molecular formula is C25H32N4O2S. The summed E-state index contributed by atoms with van der Waals surface area (Å²) in [6.45, 7) is 7.74. The topological polar surface area (TPSA) is 69.0 Å². The van der Waals surface area contributed by atoms with Gasteiger partial charge in [-0.1, -0.05) is 73.6 Å². The van der Waals surface area contributed by atoms with Crippen LogP contribution in [0.25, 0.3) is 0 Å². The minimum Gasteiger partial charge on any atom is -0.496 e. The number of aromatic nitrogens is 3. The van der Waals surface area contributed by atoms with Gasteiger partial charge in [0.2, 0.25) is 5.91 Å². The molecule has 3 aromatic rings. The van der Waals surface area contributed by atoms with Crippen molar-refractivity contribution in [2.75, 3.05) is 7.11 Å². The van der Waals surface area contributed by atoms with E-state index in [1.54, 1.807) is 18.9 Å². The Morgan fingerprint density at radius 1 is 1.16 bits per heavy atom. The molecular weight excluding hydrogens is 420 g/mol. The maximum Gasteiger partial charge on any atom is 0.220 e. The summed E-state index contributed by atoms with van der Waals surface area (Å²) < 4.78 is 7.51.